The lowest BCUT2D eigenvalue weighted by molar-refractivity contribution is 0.0950. The molecule has 0 bridgehead atoms. The number of imidazole rings is 1. The lowest BCUT2D eigenvalue weighted by Gasteiger charge is -2.12. The van der Waals surface area contributed by atoms with Gasteiger partial charge < -0.3 is 14.6 Å². The molecule has 0 aliphatic rings. The second-order valence-corrected chi connectivity index (χ2v) is 5.69. The summed E-state index contributed by atoms with van der Waals surface area (Å²) in [6, 6.07) is 7.60. The average Bonchev–Trinajstić information content (AvgIpc) is 2.96. The second-order valence-electron chi connectivity index (χ2n) is 5.28. The molecule has 1 aromatic heterocycles. The maximum Gasteiger partial charge on any atom is 0.251 e. The van der Waals surface area contributed by atoms with Gasteiger partial charge in [0.05, 0.1) is 29.5 Å². The maximum atomic E-state index is 13.5. The van der Waals surface area contributed by atoms with Crippen LogP contribution in [0.15, 0.2) is 36.7 Å². The van der Waals surface area contributed by atoms with Crippen LogP contribution in [-0.2, 0) is 13.6 Å². The molecule has 2 aromatic carbocycles. The van der Waals surface area contributed by atoms with E-state index in [2.05, 4.69) is 10.3 Å². The number of carbonyl (C=O) groups excluding carboxylic acids is 1. The van der Waals surface area contributed by atoms with Crippen LogP contribution in [0.2, 0.25) is 5.02 Å². The number of amides is 1. The zero-order valence-electron chi connectivity index (χ0n) is 13.1. The number of halogens is 2. The Labute approximate surface area is 143 Å². The Bertz CT molecular complexity index is 924. The van der Waals surface area contributed by atoms with Crippen molar-refractivity contribution in [1.82, 2.24) is 14.9 Å². The van der Waals surface area contributed by atoms with Crippen molar-refractivity contribution in [2.45, 2.75) is 6.54 Å². The van der Waals surface area contributed by atoms with Crippen LogP contribution in [0.5, 0.6) is 5.75 Å². The fourth-order valence-electron chi connectivity index (χ4n) is 2.58. The van der Waals surface area contributed by atoms with Crippen LogP contribution in [0.25, 0.3) is 11.0 Å². The Hall–Kier alpha value is -2.60. The highest BCUT2D eigenvalue weighted by Crippen LogP contribution is 2.27. The summed E-state index contributed by atoms with van der Waals surface area (Å²) in [5.74, 6) is -0.379. The van der Waals surface area contributed by atoms with Crippen molar-refractivity contribution in [3.05, 3.63) is 58.6 Å². The molecule has 0 atom stereocenters. The Morgan fingerprint density at radius 1 is 1.38 bits per heavy atom. The van der Waals surface area contributed by atoms with E-state index in [4.69, 9.17) is 16.3 Å². The summed E-state index contributed by atoms with van der Waals surface area (Å²) in [4.78, 5) is 16.5. The number of nitrogens with zero attached hydrogens (tertiary/aromatic N) is 2. The fourth-order valence-corrected chi connectivity index (χ4v) is 2.70. The minimum absolute atomic E-state index is 0.0205. The Morgan fingerprint density at radius 3 is 2.88 bits per heavy atom. The highest BCUT2D eigenvalue weighted by Gasteiger charge is 2.14. The van der Waals surface area contributed by atoms with Crippen LogP contribution >= 0.6 is 11.6 Å². The van der Waals surface area contributed by atoms with Gasteiger partial charge in [-0.3, -0.25) is 4.79 Å². The first-order chi connectivity index (χ1) is 11.5. The quantitative estimate of drug-likeness (QED) is 0.787. The molecule has 1 N–H and O–H groups in total. The molecule has 0 radical (unpaired) electrons. The molecule has 0 aliphatic heterocycles. The number of aryl methyl sites for hydroxylation is 1. The van der Waals surface area contributed by atoms with Gasteiger partial charge in [-0.05, 0) is 30.3 Å². The summed E-state index contributed by atoms with van der Waals surface area (Å²) in [5, 5.41) is 2.76. The molecule has 0 fully saturated rings. The van der Waals surface area contributed by atoms with Crippen LogP contribution < -0.4 is 10.1 Å². The van der Waals surface area contributed by atoms with Gasteiger partial charge in [-0.2, -0.15) is 0 Å². The molecule has 5 nitrogen and oxygen atoms in total. The Kier molecular flexibility index (Phi) is 4.40. The van der Waals surface area contributed by atoms with Gasteiger partial charge in [-0.15, -0.1) is 0 Å². The summed E-state index contributed by atoms with van der Waals surface area (Å²) in [5.41, 5.74) is 2.68. The van der Waals surface area contributed by atoms with Crippen molar-refractivity contribution in [2.24, 2.45) is 7.05 Å². The van der Waals surface area contributed by atoms with Gasteiger partial charge in [-0.25, -0.2) is 9.37 Å². The van der Waals surface area contributed by atoms with Crippen molar-refractivity contribution in [3.8, 4) is 5.75 Å². The minimum atomic E-state index is -0.629. The number of fused-ring (bicyclic) bond motifs is 1. The third-order valence-corrected chi connectivity index (χ3v) is 4.08. The van der Waals surface area contributed by atoms with Crippen molar-refractivity contribution >= 4 is 28.5 Å². The number of hydrogen-bond acceptors (Lipinski definition) is 3. The van der Waals surface area contributed by atoms with E-state index in [0.29, 0.717) is 5.75 Å². The monoisotopic (exact) mass is 347 g/mol. The molecule has 124 valence electrons. The van der Waals surface area contributed by atoms with Gasteiger partial charge in [0.2, 0.25) is 0 Å². The van der Waals surface area contributed by atoms with Gasteiger partial charge in [-0.1, -0.05) is 11.6 Å². The number of benzene rings is 2. The molecule has 1 heterocycles. The van der Waals surface area contributed by atoms with E-state index in [1.54, 1.807) is 19.5 Å². The van der Waals surface area contributed by atoms with E-state index in [9.17, 15) is 9.18 Å². The predicted octanol–water partition coefficient (Wildman–Crippen LogP) is 3.30. The summed E-state index contributed by atoms with van der Waals surface area (Å²) < 4.78 is 20.7. The van der Waals surface area contributed by atoms with Crippen molar-refractivity contribution in [1.29, 1.82) is 0 Å². The number of nitrogens with one attached hydrogen (secondary N) is 1. The zero-order chi connectivity index (χ0) is 17.3. The predicted molar refractivity (Wildman–Crippen MR) is 89.8 cm³/mol. The first-order valence-corrected chi connectivity index (χ1v) is 7.59. The summed E-state index contributed by atoms with van der Waals surface area (Å²) >= 11 is 5.64. The molecule has 0 saturated carbocycles. The second kappa shape index (κ2) is 6.49. The highest BCUT2D eigenvalue weighted by atomic mass is 35.5. The van der Waals surface area contributed by atoms with Gasteiger partial charge in [0.1, 0.15) is 11.6 Å². The van der Waals surface area contributed by atoms with Gasteiger partial charge in [0.25, 0.3) is 5.91 Å². The molecular weight excluding hydrogens is 333 g/mol. The number of aromatic nitrogens is 2. The third kappa shape index (κ3) is 2.92. The Balaban J connectivity index is 1.88. The Morgan fingerprint density at radius 2 is 2.17 bits per heavy atom. The smallest absolute Gasteiger partial charge is 0.251 e. The number of carbonyl (C=O) groups is 1. The van der Waals surface area contributed by atoms with Crippen LogP contribution in [0, 0.1) is 5.82 Å². The molecule has 0 spiro atoms. The van der Waals surface area contributed by atoms with Gasteiger partial charge in [0.15, 0.2) is 0 Å². The molecular formula is C17H15ClFN3O2. The molecule has 0 aliphatic carbocycles. The third-order valence-electron chi connectivity index (χ3n) is 3.77. The van der Waals surface area contributed by atoms with E-state index in [0.717, 1.165) is 22.7 Å². The number of ether oxygens (including phenoxy) is 1. The lowest BCUT2D eigenvalue weighted by Crippen LogP contribution is -2.23. The summed E-state index contributed by atoms with van der Waals surface area (Å²) in [7, 11) is 3.44. The topological polar surface area (TPSA) is 56.1 Å². The van der Waals surface area contributed by atoms with Gasteiger partial charge >= 0.3 is 0 Å². The molecule has 7 heteroatoms. The first kappa shape index (κ1) is 16.3. The first-order valence-electron chi connectivity index (χ1n) is 7.21. The van der Waals surface area contributed by atoms with Crippen molar-refractivity contribution < 1.29 is 13.9 Å². The van der Waals surface area contributed by atoms with Crippen molar-refractivity contribution in [2.75, 3.05) is 7.11 Å². The molecule has 0 saturated heterocycles. The normalized spacial score (nSPS) is 10.8. The molecule has 3 rings (SSSR count). The maximum absolute atomic E-state index is 13.5. The van der Waals surface area contributed by atoms with Crippen LogP contribution in [-0.4, -0.2) is 22.6 Å². The molecule has 3 aromatic rings. The zero-order valence-corrected chi connectivity index (χ0v) is 13.9. The standard InChI is InChI=1S/C17H15ClFN3O2/c1-22-9-21-14-5-6-15(24-2)11(16(14)22)8-20-17(23)10-3-4-12(18)13(19)7-10/h3-7,9H,8H2,1-2H3,(H,20,23). The minimum Gasteiger partial charge on any atom is -0.496 e. The lowest BCUT2D eigenvalue weighted by atomic mass is 10.1. The van der Waals surface area contributed by atoms with Gasteiger partial charge in [0, 0.05) is 24.7 Å². The van der Waals surface area contributed by atoms with E-state index in [-0.39, 0.29) is 17.1 Å². The van der Waals surface area contributed by atoms with E-state index >= 15 is 0 Å². The van der Waals surface area contributed by atoms with E-state index in [1.807, 2.05) is 17.7 Å². The SMILES string of the molecule is COc1ccc2ncn(C)c2c1CNC(=O)c1ccc(Cl)c(F)c1. The van der Waals surface area contributed by atoms with E-state index < -0.39 is 11.7 Å². The molecule has 0 unspecified atom stereocenters. The molecule has 1 amide bonds. The van der Waals surface area contributed by atoms with Crippen LogP contribution in [0.3, 0.4) is 0 Å². The fraction of sp³-hybridized carbons (Fsp3) is 0.176. The van der Waals surface area contributed by atoms with E-state index in [1.165, 1.54) is 12.1 Å². The molecule has 24 heavy (non-hydrogen) atoms. The van der Waals surface area contributed by atoms with Crippen LogP contribution in [0.1, 0.15) is 15.9 Å². The van der Waals surface area contributed by atoms with Crippen molar-refractivity contribution in [3.63, 3.8) is 0 Å². The number of hydrogen-bond donors (Lipinski definition) is 1. The highest BCUT2D eigenvalue weighted by molar-refractivity contribution is 6.30. The number of rotatable bonds is 4. The number of methoxy groups -OCH3 is 1. The summed E-state index contributed by atoms with van der Waals surface area (Å²) in [6.07, 6.45) is 1.70. The van der Waals surface area contributed by atoms with Crippen LogP contribution in [0.4, 0.5) is 4.39 Å². The largest absolute Gasteiger partial charge is 0.496 e. The summed E-state index contributed by atoms with van der Waals surface area (Å²) in [6.45, 7) is 0.225. The average molecular weight is 348 g/mol.